The summed E-state index contributed by atoms with van der Waals surface area (Å²) in [4.78, 5) is 36.0. The quantitative estimate of drug-likeness (QED) is 0.592. The first-order valence-corrected chi connectivity index (χ1v) is 8.58. The molecular weight excluding hydrogens is 348 g/mol. The number of non-ortho nitro benzene ring substituents is 1. The number of amides is 1. The molecule has 0 bridgehead atoms. The molecule has 1 amide bonds. The van der Waals surface area contributed by atoms with E-state index in [1.54, 1.807) is 7.05 Å². The van der Waals surface area contributed by atoms with Crippen molar-refractivity contribution in [2.45, 2.75) is 32.7 Å². The number of carboxylic acids is 1. The minimum absolute atomic E-state index is 0.00791. The summed E-state index contributed by atoms with van der Waals surface area (Å²) in [6.45, 7) is 3.96. The number of aryl methyl sites for hydroxylation is 1. The van der Waals surface area contributed by atoms with E-state index in [2.05, 4.69) is 0 Å². The van der Waals surface area contributed by atoms with Crippen molar-refractivity contribution in [1.82, 2.24) is 4.90 Å². The highest BCUT2D eigenvalue weighted by Gasteiger charge is 2.23. The van der Waals surface area contributed by atoms with E-state index >= 15 is 0 Å². The van der Waals surface area contributed by atoms with Gasteiger partial charge in [0.05, 0.1) is 10.5 Å². The SMILES string of the molecule is CCC(Cc1ccc(C)cc1)N(C)C(=O)c1cc(C(=O)O)cc([N+](=O)[O-])c1. The number of benzene rings is 2. The fourth-order valence-electron chi connectivity index (χ4n) is 2.88. The second-order valence-corrected chi connectivity index (χ2v) is 6.50. The fourth-order valence-corrected chi connectivity index (χ4v) is 2.88. The van der Waals surface area contributed by atoms with Crippen molar-refractivity contribution < 1.29 is 19.6 Å². The van der Waals surface area contributed by atoms with Gasteiger partial charge in [0.25, 0.3) is 11.6 Å². The Morgan fingerprint density at radius 2 is 1.74 bits per heavy atom. The number of likely N-dealkylation sites (N-methyl/N-ethyl adjacent to an activating group) is 1. The smallest absolute Gasteiger partial charge is 0.335 e. The van der Waals surface area contributed by atoms with Crippen molar-refractivity contribution >= 4 is 17.6 Å². The van der Waals surface area contributed by atoms with E-state index < -0.39 is 22.5 Å². The molecule has 1 unspecified atom stereocenters. The number of rotatable bonds is 7. The lowest BCUT2D eigenvalue weighted by molar-refractivity contribution is -0.384. The molecule has 7 nitrogen and oxygen atoms in total. The van der Waals surface area contributed by atoms with Crippen LogP contribution in [-0.2, 0) is 6.42 Å². The number of nitro benzene ring substituents is 1. The molecule has 2 rings (SSSR count). The standard InChI is InChI=1S/C20H22N2O5/c1-4-17(9-14-7-5-13(2)6-8-14)21(3)19(23)15-10-16(20(24)25)12-18(11-15)22(26)27/h5-8,10-12,17H,4,9H2,1-3H3,(H,24,25). The lowest BCUT2D eigenvalue weighted by Crippen LogP contribution is -2.38. The van der Waals surface area contributed by atoms with E-state index in [1.807, 2.05) is 38.1 Å². The van der Waals surface area contributed by atoms with Crippen LogP contribution in [0.2, 0.25) is 0 Å². The van der Waals surface area contributed by atoms with Gasteiger partial charge in [0.1, 0.15) is 0 Å². The van der Waals surface area contributed by atoms with Gasteiger partial charge in [-0.05, 0) is 31.4 Å². The number of nitrogens with zero attached hydrogens (tertiary/aromatic N) is 2. The van der Waals surface area contributed by atoms with Crippen LogP contribution >= 0.6 is 0 Å². The molecule has 142 valence electrons. The van der Waals surface area contributed by atoms with Gasteiger partial charge in [-0.2, -0.15) is 0 Å². The molecule has 0 saturated heterocycles. The molecule has 2 aromatic rings. The third kappa shape index (κ3) is 4.91. The van der Waals surface area contributed by atoms with Crippen molar-refractivity contribution in [3.05, 3.63) is 74.8 Å². The molecule has 0 radical (unpaired) electrons. The molecule has 0 aromatic heterocycles. The Kier molecular flexibility index (Phi) is 6.28. The summed E-state index contributed by atoms with van der Waals surface area (Å²) in [7, 11) is 1.63. The normalized spacial score (nSPS) is 11.7. The zero-order valence-electron chi connectivity index (χ0n) is 15.5. The van der Waals surface area contributed by atoms with Crippen molar-refractivity contribution in [3.8, 4) is 0 Å². The van der Waals surface area contributed by atoms with Crippen LogP contribution < -0.4 is 0 Å². The average Bonchev–Trinajstić information content (AvgIpc) is 2.65. The van der Waals surface area contributed by atoms with E-state index in [-0.39, 0.29) is 17.2 Å². The summed E-state index contributed by atoms with van der Waals surface area (Å²) < 4.78 is 0. The summed E-state index contributed by atoms with van der Waals surface area (Å²) in [6, 6.07) is 11.1. The van der Waals surface area contributed by atoms with Crippen LogP contribution in [0.1, 0.15) is 45.2 Å². The molecule has 1 atom stereocenters. The molecule has 2 aromatic carbocycles. The molecule has 0 saturated carbocycles. The maximum atomic E-state index is 12.8. The maximum absolute atomic E-state index is 12.8. The molecule has 1 N–H and O–H groups in total. The van der Waals surface area contributed by atoms with Gasteiger partial charge in [-0.25, -0.2) is 4.79 Å². The van der Waals surface area contributed by atoms with E-state index in [1.165, 1.54) is 11.0 Å². The van der Waals surface area contributed by atoms with Crippen molar-refractivity contribution in [2.75, 3.05) is 7.05 Å². The number of hydrogen-bond acceptors (Lipinski definition) is 4. The molecule has 27 heavy (non-hydrogen) atoms. The largest absolute Gasteiger partial charge is 0.478 e. The number of carboxylic acid groups (broad SMARTS) is 1. The molecule has 0 aliphatic carbocycles. The fraction of sp³-hybridized carbons (Fsp3) is 0.300. The summed E-state index contributed by atoms with van der Waals surface area (Å²) >= 11 is 0. The lowest BCUT2D eigenvalue weighted by atomic mass is 10.0. The van der Waals surface area contributed by atoms with Gasteiger partial charge in [0.2, 0.25) is 0 Å². The van der Waals surface area contributed by atoms with Gasteiger partial charge < -0.3 is 10.0 Å². The average molecular weight is 370 g/mol. The van der Waals surface area contributed by atoms with Gasteiger partial charge in [0.15, 0.2) is 0 Å². The molecule has 0 spiro atoms. The Morgan fingerprint density at radius 3 is 2.26 bits per heavy atom. The van der Waals surface area contributed by atoms with Crippen LogP contribution in [0.5, 0.6) is 0 Å². The highest BCUT2D eigenvalue weighted by Crippen LogP contribution is 2.21. The van der Waals surface area contributed by atoms with Gasteiger partial charge in [0, 0.05) is 30.8 Å². The molecule has 0 heterocycles. The van der Waals surface area contributed by atoms with Crippen molar-refractivity contribution in [1.29, 1.82) is 0 Å². The van der Waals surface area contributed by atoms with E-state index in [9.17, 15) is 19.7 Å². The van der Waals surface area contributed by atoms with Gasteiger partial charge >= 0.3 is 5.97 Å². The topological polar surface area (TPSA) is 101 Å². The predicted octanol–water partition coefficient (Wildman–Crippen LogP) is 3.69. The first-order valence-electron chi connectivity index (χ1n) is 8.58. The van der Waals surface area contributed by atoms with E-state index in [4.69, 9.17) is 5.11 Å². The van der Waals surface area contributed by atoms with Crippen LogP contribution in [0, 0.1) is 17.0 Å². The lowest BCUT2D eigenvalue weighted by Gasteiger charge is -2.27. The van der Waals surface area contributed by atoms with Crippen LogP contribution in [0.15, 0.2) is 42.5 Å². The number of carbonyl (C=O) groups is 2. The zero-order valence-corrected chi connectivity index (χ0v) is 15.5. The van der Waals surface area contributed by atoms with Crippen LogP contribution in [0.3, 0.4) is 0 Å². The highest BCUT2D eigenvalue weighted by molar-refractivity contribution is 5.98. The number of hydrogen-bond donors (Lipinski definition) is 1. The number of aromatic carboxylic acids is 1. The van der Waals surface area contributed by atoms with E-state index in [0.717, 1.165) is 23.3 Å². The second kappa shape index (κ2) is 8.44. The molecular formula is C20H22N2O5. The minimum atomic E-state index is -1.32. The maximum Gasteiger partial charge on any atom is 0.335 e. The Labute approximate surface area is 157 Å². The summed E-state index contributed by atoms with van der Waals surface area (Å²) in [6.07, 6.45) is 1.33. The number of carbonyl (C=O) groups excluding carboxylic acids is 1. The molecule has 0 aliphatic rings. The molecule has 7 heteroatoms. The Morgan fingerprint density at radius 1 is 1.15 bits per heavy atom. The molecule has 0 fully saturated rings. The Hall–Kier alpha value is -3.22. The third-order valence-corrected chi connectivity index (χ3v) is 4.55. The second-order valence-electron chi connectivity index (χ2n) is 6.50. The first kappa shape index (κ1) is 20.1. The molecule has 0 aliphatic heterocycles. The van der Waals surface area contributed by atoms with Gasteiger partial charge in [-0.15, -0.1) is 0 Å². The van der Waals surface area contributed by atoms with E-state index in [0.29, 0.717) is 12.8 Å². The van der Waals surface area contributed by atoms with Crippen LogP contribution in [-0.4, -0.2) is 39.9 Å². The Bertz CT molecular complexity index is 829. The zero-order chi connectivity index (χ0) is 20.1. The summed E-state index contributed by atoms with van der Waals surface area (Å²) in [5.41, 5.74) is 1.52. The predicted molar refractivity (Wildman–Crippen MR) is 101 cm³/mol. The number of nitro groups is 1. The van der Waals surface area contributed by atoms with Crippen LogP contribution in [0.4, 0.5) is 5.69 Å². The highest BCUT2D eigenvalue weighted by atomic mass is 16.6. The first-order chi connectivity index (χ1) is 12.7. The Balaban J connectivity index is 2.29. The third-order valence-electron chi connectivity index (χ3n) is 4.55. The van der Waals surface area contributed by atoms with Gasteiger partial charge in [-0.3, -0.25) is 14.9 Å². The monoisotopic (exact) mass is 370 g/mol. The van der Waals surface area contributed by atoms with Gasteiger partial charge in [-0.1, -0.05) is 36.8 Å². The van der Waals surface area contributed by atoms with Crippen LogP contribution in [0.25, 0.3) is 0 Å². The van der Waals surface area contributed by atoms with Crippen molar-refractivity contribution in [3.63, 3.8) is 0 Å². The summed E-state index contributed by atoms with van der Waals surface area (Å²) in [5, 5.41) is 20.2. The summed E-state index contributed by atoms with van der Waals surface area (Å²) in [5.74, 6) is -1.76. The van der Waals surface area contributed by atoms with Crippen molar-refractivity contribution in [2.24, 2.45) is 0 Å². The minimum Gasteiger partial charge on any atom is -0.478 e.